The van der Waals surface area contributed by atoms with Crippen LogP contribution in [0.25, 0.3) is 0 Å². The molecule has 0 spiro atoms. The molecule has 3 amide bonds. The van der Waals surface area contributed by atoms with Crippen molar-refractivity contribution in [3.05, 3.63) is 23.8 Å². The predicted octanol–water partition coefficient (Wildman–Crippen LogP) is -0.390. The summed E-state index contributed by atoms with van der Waals surface area (Å²) in [5, 5.41) is 11.1. The van der Waals surface area contributed by atoms with Crippen molar-refractivity contribution < 1.29 is 42.5 Å². The average Bonchev–Trinajstić information content (AvgIpc) is 3.16. The number of amides is 3. The molecule has 0 saturated carbocycles. The van der Waals surface area contributed by atoms with Gasteiger partial charge in [0, 0.05) is 45.2 Å². The third-order valence-electron chi connectivity index (χ3n) is 5.20. The van der Waals surface area contributed by atoms with Gasteiger partial charge >= 0.3 is 12.1 Å². The number of carbonyl (C=O) groups is 4. The van der Waals surface area contributed by atoms with Crippen LogP contribution in [0.15, 0.2) is 12.1 Å². The van der Waals surface area contributed by atoms with Gasteiger partial charge in [-0.15, -0.1) is 0 Å². The van der Waals surface area contributed by atoms with Gasteiger partial charge in [-0.05, 0) is 0 Å². The largest absolute Gasteiger partial charge is 0.454 e. The minimum Gasteiger partial charge on any atom is -0.454 e. The normalized spacial score (nSPS) is 18.2. The molecule has 2 aliphatic rings. The first-order valence-corrected chi connectivity index (χ1v) is 10.2. The first kappa shape index (κ1) is 24.2. The molecule has 0 radical (unpaired) electrons. The summed E-state index contributed by atoms with van der Waals surface area (Å²) >= 11 is 0. The van der Waals surface area contributed by atoms with E-state index < -0.39 is 48.9 Å². The molecule has 33 heavy (non-hydrogen) atoms. The maximum absolute atomic E-state index is 14.9. The summed E-state index contributed by atoms with van der Waals surface area (Å²) in [6.45, 7) is 0.654. The van der Waals surface area contributed by atoms with Gasteiger partial charge in [0.1, 0.15) is 18.4 Å². The number of cyclic esters (lactones) is 1. The molecule has 13 heteroatoms. The van der Waals surface area contributed by atoms with Crippen LogP contribution < -0.4 is 15.1 Å². The molecule has 1 atom stereocenters. The fourth-order valence-electron chi connectivity index (χ4n) is 3.56. The van der Waals surface area contributed by atoms with Gasteiger partial charge in [0.15, 0.2) is 18.2 Å². The summed E-state index contributed by atoms with van der Waals surface area (Å²) in [6, 6.07) is 2.07. The molecule has 0 aromatic heterocycles. The molecule has 0 bridgehead atoms. The SMILES string of the molecule is CC(=O)NCC1CN(c2cc(F)c(N3CCN(C(=O)COC(=O)CO)CC3)c(F)c2)C(=O)O1. The van der Waals surface area contributed by atoms with Crippen molar-refractivity contribution in [2.24, 2.45) is 0 Å². The van der Waals surface area contributed by atoms with Crippen molar-refractivity contribution in [3.8, 4) is 0 Å². The smallest absolute Gasteiger partial charge is 0.414 e. The number of aliphatic hydroxyl groups is 1. The number of hydrogen-bond donors (Lipinski definition) is 2. The minimum atomic E-state index is -0.922. The Morgan fingerprint density at radius 2 is 1.82 bits per heavy atom. The lowest BCUT2D eigenvalue weighted by atomic mass is 10.2. The van der Waals surface area contributed by atoms with Crippen molar-refractivity contribution in [2.45, 2.75) is 13.0 Å². The summed E-state index contributed by atoms with van der Waals surface area (Å²) < 4.78 is 39.4. The van der Waals surface area contributed by atoms with E-state index in [0.717, 1.165) is 17.0 Å². The third-order valence-corrected chi connectivity index (χ3v) is 5.20. The molecule has 2 fully saturated rings. The second-order valence-corrected chi connectivity index (χ2v) is 7.50. The Morgan fingerprint density at radius 1 is 1.18 bits per heavy atom. The average molecular weight is 470 g/mol. The highest BCUT2D eigenvalue weighted by Crippen LogP contribution is 2.31. The van der Waals surface area contributed by atoms with Crippen LogP contribution in [-0.4, -0.2) is 92.5 Å². The monoisotopic (exact) mass is 470 g/mol. The highest BCUT2D eigenvalue weighted by atomic mass is 19.1. The van der Waals surface area contributed by atoms with Gasteiger partial charge in [0.25, 0.3) is 5.91 Å². The maximum atomic E-state index is 14.9. The van der Waals surface area contributed by atoms with Gasteiger partial charge in [0.2, 0.25) is 5.91 Å². The van der Waals surface area contributed by atoms with Gasteiger partial charge in [0.05, 0.1) is 18.8 Å². The standard InChI is InChI=1S/C20H24F2N4O7/c1-12(28)23-8-14-9-26(20(31)33-14)13-6-15(21)19(16(22)7-13)25-4-2-24(3-5-25)17(29)11-32-18(30)10-27/h6-7,14,27H,2-5,8-11H2,1H3,(H,23,28). The number of ether oxygens (including phenoxy) is 2. The fourth-order valence-corrected chi connectivity index (χ4v) is 3.56. The molecule has 3 rings (SSSR count). The first-order valence-electron chi connectivity index (χ1n) is 10.2. The van der Waals surface area contributed by atoms with Crippen molar-refractivity contribution in [2.75, 3.05) is 62.3 Å². The van der Waals surface area contributed by atoms with E-state index in [1.165, 1.54) is 16.7 Å². The molecular formula is C20H24F2N4O7. The van der Waals surface area contributed by atoms with Crippen molar-refractivity contribution in [3.63, 3.8) is 0 Å². The molecule has 1 aromatic carbocycles. The lowest BCUT2D eigenvalue weighted by Crippen LogP contribution is -2.50. The molecule has 1 unspecified atom stereocenters. The van der Waals surface area contributed by atoms with Crippen LogP contribution in [-0.2, 0) is 23.9 Å². The van der Waals surface area contributed by atoms with Crippen LogP contribution in [0.5, 0.6) is 0 Å². The number of piperazine rings is 1. The minimum absolute atomic E-state index is 0.0106. The van der Waals surface area contributed by atoms with Crippen molar-refractivity contribution >= 4 is 35.3 Å². The number of aliphatic hydroxyl groups excluding tert-OH is 1. The highest BCUT2D eigenvalue weighted by molar-refractivity contribution is 5.90. The summed E-state index contributed by atoms with van der Waals surface area (Å²) in [7, 11) is 0. The number of halogens is 2. The quantitative estimate of drug-likeness (QED) is 0.516. The Hall–Kier alpha value is -3.48. The van der Waals surface area contributed by atoms with E-state index in [2.05, 4.69) is 10.1 Å². The summed E-state index contributed by atoms with van der Waals surface area (Å²) in [4.78, 5) is 50.1. The number of hydrogen-bond acceptors (Lipinski definition) is 8. The molecule has 2 saturated heterocycles. The summed E-state index contributed by atoms with van der Waals surface area (Å²) in [5.41, 5.74) is -0.288. The van der Waals surface area contributed by atoms with Crippen molar-refractivity contribution in [1.29, 1.82) is 0 Å². The summed E-state index contributed by atoms with van der Waals surface area (Å²) in [6.07, 6.45) is -1.42. The Labute approximate surface area is 187 Å². The van der Waals surface area contributed by atoms with Crippen LogP contribution >= 0.6 is 0 Å². The lowest BCUT2D eigenvalue weighted by Gasteiger charge is -2.36. The zero-order valence-electron chi connectivity index (χ0n) is 17.9. The van der Waals surface area contributed by atoms with Crippen LogP contribution in [0, 0.1) is 11.6 Å². The molecule has 1 aromatic rings. The van der Waals surface area contributed by atoms with E-state index in [4.69, 9.17) is 9.84 Å². The molecule has 0 aliphatic carbocycles. The zero-order chi connectivity index (χ0) is 24.1. The topological polar surface area (TPSA) is 129 Å². The number of nitrogens with zero attached hydrogens (tertiary/aromatic N) is 3. The molecule has 2 N–H and O–H groups in total. The molecule has 11 nitrogen and oxygen atoms in total. The number of esters is 1. The maximum Gasteiger partial charge on any atom is 0.414 e. The Kier molecular flexibility index (Phi) is 7.63. The van der Waals surface area contributed by atoms with Crippen LogP contribution in [0.4, 0.5) is 25.0 Å². The second-order valence-electron chi connectivity index (χ2n) is 7.50. The van der Waals surface area contributed by atoms with Crippen LogP contribution in [0.2, 0.25) is 0 Å². The van der Waals surface area contributed by atoms with E-state index in [1.54, 1.807) is 0 Å². The number of rotatable bonds is 7. The Balaban J connectivity index is 1.62. The van der Waals surface area contributed by atoms with Gasteiger partial charge in [-0.3, -0.25) is 14.5 Å². The van der Waals surface area contributed by atoms with E-state index in [-0.39, 0.29) is 56.6 Å². The van der Waals surface area contributed by atoms with E-state index in [9.17, 15) is 28.0 Å². The number of benzene rings is 1. The summed E-state index contributed by atoms with van der Waals surface area (Å²) in [5.74, 6) is -3.44. The van der Waals surface area contributed by atoms with Gasteiger partial charge in [-0.1, -0.05) is 0 Å². The second kappa shape index (κ2) is 10.4. The third kappa shape index (κ3) is 5.86. The fraction of sp³-hybridized carbons (Fsp3) is 0.500. The molecule has 180 valence electrons. The van der Waals surface area contributed by atoms with Gasteiger partial charge in [-0.2, -0.15) is 0 Å². The molecule has 2 aliphatic heterocycles. The van der Waals surface area contributed by atoms with Crippen LogP contribution in [0.3, 0.4) is 0 Å². The first-order chi connectivity index (χ1) is 15.7. The van der Waals surface area contributed by atoms with Crippen LogP contribution in [0.1, 0.15) is 6.92 Å². The Morgan fingerprint density at radius 3 is 2.39 bits per heavy atom. The van der Waals surface area contributed by atoms with E-state index in [1.807, 2.05) is 0 Å². The van der Waals surface area contributed by atoms with Crippen molar-refractivity contribution in [1.82, 2.24) is 10.2 Å². The highest BCUT2D eigenvalue weighted by Gasteiger charge is 2.34. The molecule has 2 heterocycles. The molecular weight excluding hydrogens is 446 g/mol. The number of anilines is 2. The lowest BCUT2D eigenvalue weighted by molar-refractivity contribution is -0.154. The van der Waals surface area contributed by atoms with E-state index >= 15 is 0 Å². The van der Waals surface area contributed by atoms with Gasteiger partial charge < -0.3 is 29.7 Å². The number of nitrogens with one attached hydrogen (secondary N) is 1. The zero-order valence-corrected chi connectivity index (χ0v) is 17.9. The predicted molar refractivity (Wildman–Crippen MR) is 109 cm³/mol. The van der Waals surface area contributed by atoms with E-state index in [0.29, 0.717) is 0 Å². The number of carbonyl (C=O) groups excluding carboxylic acids is 4. The Bertz CT molecular complexity index is 914. The van der Waals surface area contributed by atoms with Gasteiger partial charge in [-0.25, -0.2) is 18.4 Å².